The number of hydrogen-bond acceptors (Lipinski definition) is 1. The zero-order valence-electron chi connectivity index (χ0n) is 11.0. The summed E-state index contributed by atoms with van der Waals surface area (Å²) in [5.74, 6) is 0.272. The lowest BCUT2D eigenvalue weighted by molar-refractivity contribution is 0.166. The second kappa shape index (κ2) is 5.79. The first-order chi connectivity index (χ1) is 8.56. The maximum atomic E-state index is 13.6. The fraction of sp³-hybridized carbons (Fsp3) is 0.600. The zero-order valence-corrected chi connectivity index (χ0v) is 11.0. The summed E-state index contributed by atoms with van der Waals surface area (Å²) in [6.07, 6.45) is 3.10. The Labute approximate surface area is 108 Å². The summed E-state index contributed by atoms with van der Waals surface area (Å²) in [7, 11) is 0. The van der Waals surface area contributed by atoms with Gasteiger partial charge in [-0.1, -0.05) is 19.9 Å². The average molecular weight is 253 g/mol. The Morgan fingerprint density at radius 3 is 2.50 bits per heavy atom. The maximum Gasteiger partial charge on any atom is 0.129 e. The van der Waals surface area contributed by atoms with E-state index in [9.17, 15) is 8.78 Å². The van der Waals surface area contributed by atoms with Crippen LogP contribution >= 0.6 is 0 Å². The van der Waals surface area contributed by atoms with Crippen molar-refractivity contribution in [2.24, 2.45) is 11.8 Å². The first-order valence-electron chi connectivity index (χ1n) is 6.73. The average Bonchev–Trinajstić information content (AvgIpc) is 2.26. The van der Waals surface area contributed by atoms with Crippen molar-refractivity contribution < 1.29 is 8.78 Å². The van der Waals surface area contributed by atoms with E-state index in [2.05, 4.69) is 19.2 Å². The lowest BCUT2D eigenvalue weighted by Crippen LogP contribution is -2.38. The summed E-state index contributed by atoms with van der Waals surface area (Å²) in [6.45, 7) is 5.27. The van der Waals surface area contributed by atoms with Crippen LogP contribution in [0.4, 0.5) is 8.78 Å². The van der Waals surface area contributed by atoms with E-state index in [0.29, 0.717) is 23.4 Å². The van der Waals surface area contributed by atoms with Crippen molar-refractivity contribution in [2.75, 3.05) is 6.54 Å². The predicted octanol–water partition coefficient (Wildman–Crippen LogP) is 3.53. The molecule has 1 N–H and O–H groups in total. The van der Waals surface area contributed by atoms with E-state index in [-0.39, 0.29) is 0 Å². The molecule has 0 spiro atoms. The molecule has 0 saturated heterocycles. The molecular weight excluding hydrogens is 232 g/mol. The highest BCUT2D eigenvalue weighted by molar-refractivity contribution is 5.19. The summed E-state index contributed by atoms with van der Waals surface area (Å²) >= 11 is 0. The van der Waals surface area contributed by atoms with Gasteiger partial charge in [-0.15, -0.1) is 0 Å². The SMILES string of the molecule is CC(C)NCC1CCC1Cc1ccc(F)cc1F. The normalized spacial score (nSPS) is 23.2. The molecule has 0 aliphatic heterocycles. The van der Waals surface area contributed by atoms with E-state index in [1.54, 1.807) is 6.07 Å². The molecule has 1 saturated carbocycles. The molecule has 100 valence electrons. The third kappa shape index (κ3) is 3.29. The third-order valence-corrected chi connectivity index (χ3v) is 3.86. The van der Waals surface area contributed by atoms with Crippen LogP contribution in [0.2, 0.25) is 0 Å². The quantitative estimate of drug-likeness (QED) is 0.846. The van der Waals surface area contributed by atoms with Gasteiger partial charge in [-0.05, 0) is 49.3 Å². The molecule has 0 bridgehead atoms. The molecule has 0 radical (unpaired) electrons. The van der Waals surface area contributed by atoms with Crippen LogP contribution in [-0.4, -0.2) is 12.6 Å². The Kier molecular flexibility index (Phi) is 4.33. The van der Waals surface area contributed by atoms with Crippen LogP contribution in [0.3, 0.4) is 0 Å². The highest BCUT2D eigenvalue weighted by atomic mass is 19.1. The van der Waals surface area contributed by atoms with Crippen molar-refractivity contribution >= 4 is 0 Å². The second-order valence-corrected chi connectivity index (χ2v) is 5.60. The van der Waals surface area contributed by atoms with E-state index in [1.165, 1.54) is 12.5 Å². The molecule has 0 amide bonds. The minimum atomic E-state index is -0.497. The van der Waals surface area contributed by atoms with Gasteiger partial charge in [-0.3, -0.25) is 0 Å². The molecule has 1 fully saturated rings. The molecule has 1 aliphatic carbocycles. The lowest BCUT2D eigenvalue weighted by Gasteiger charge is -2.37. The molecule has 0 heterocycles. The first kappa shape index (κ1) is 13.5. The van der Waals surface area contributed by atoms with Gasteiger partial charge in [0.05, 0.1) is 0 Å². The highest BCUT2D eigenvalue weighted by Gasteiger charge is 2.31. The number of halogens is 2. The Morgan fingerprint density at radius 1 is 1.22 bits per heavy atom. The molecule has 1 aromatic carbocycles. The van der Waals surface area contributed by atoms with Crippen LogP contribution in [0.1, 0.15) is 32.3 Å². The Hall–Kier alpha value is -0.960. The number of nitrogens with one attached hydrogen (secondary N) is 1. The van der Waals surface area contributed by atoms with E-state index < -0.39 is 11.6 Å². The van der Waals surface area contributed by atoms with Gasteiger partial charge in [-0.25, -0.2) is 8.78 Å². The topological polar surface area (TPSA) is 12.0 Å². The van der Waals surface area contributed by atoms with Gasteiger partial charge in [0.25, 0.3) is 0 Å². The Bertz CT molecular complexity index is 403. The molecule has 2 unspecified atom stereocenters. The van der Waals surface area contributed by atoms with Crippen LogP contribution in [-0.2, 0) is 6.42 Å². The molecule has 0 aromatic heterocycles. The van der Waals surface area contributed by atoms with Crippen LogP contribution in [0.15, 0.2) is 18.2 Å². The van der Waals surface area contributed by atoms with Gasteiger partial charge in [0.1, 0.15) is 11.6 Å². The van der Waals surface area contributed by atoms with Crippen molar-refractivity contribution in [3.63, 3.8) is 0 Å². The molecule has 2 atom stereocenters. The van der Waals surface area contributed by atoms with Gasteiger partial charge < -0.3 is 5.32 Å². The smallest absolute Gasteiger partial charge is 0.129 e. The van der Waals surface area contributed by atoms with Crippen molar-refractivity contribution in [1.82, 2.24) is 5.32 Å². The Morgan fingerprint density at radius 2 is 1.94 bits per heavy atom. The number of rotatable bonds is 5. The summed E-state index contributed by atoms with van der Waals surface area (Å²) in [4.78, 5) is 0. The van der Waals surface area contributed by atoms with Crippen molar-refractivity contribution in [3.8, 4) is 0 Å². The molecular formula is C15H21F2N. The van der Waals surface area contributed by atoms with Gasteiger partial charge in [0.2, 0.25) is 0 Å². The predicted molar refractivity (Wildman–Crippen MR) is 69.4 cm³/mol. The van der Waals surface area contributed by atoms with Crippen molar-refractivity contribution in [1.29, 1.82) is 0 Å². The fourth-order valence-corrected chi connectivity index (χ4v) is 2.53. The van der Waals surface area contributed by atoms with Crippen LogP contribution < -0.4 is 5.32 Å². The van der Waals surface area contributed by atoms with E-state index in [4.69, 9.17) is 0 Å². The number of hydrogen-bond donors (Lipinski definition) is 1. The summed E-state index contributed by atoms with van der Waals surface area (Å²) in [5, 5.41) is 3.43. The largest absolute Gasteiger partial charge is 0.314 e. The molecule has 2 rings (SSSR count). The molecule has 1 aliphatic rings. The maximum absolute atomic E-state index is 13.6. The zero-order chi connectivity index (χ0) is 13.1. The van der Waals surface area contributed by atoms with Crippen molar-refractivity contribution in [3.05, 3.63) is 35.4 Å². The molecule has 1 nitrogen and oxygen atoms in total. The summed E-state index contributed by atoms with van der Waals surface area (Å²) < 4.78 is 26.4. The van der Waals surface area contributed by atoms with Gasteiger partial charge in [-0.2, -0.15) is 0 Å². The standard InChI is InChI=1S/C15H21F2N/c1-10(2)18-9-13-4-3-11(13)7-12-5-6-14(16)8-15(12)17/h5-6,8,10-11,13,18H,3-4,7,9H2,1-2H3. The minimum Gasteiger partial charge on any atom is -0.314 e. The summed E-state index contributed by atoms with van der Waals surface area (Å²) in [5.41, 5.74) is 0.649. The van der Waals surface area contributed by atoms with Crippen LogP contribution in [0, 0.1) is 23.5 Å². The first-order valence-corrected chi connectivity index (χ1v) is 6.73. The highest BCUT2D eigenvalue weighted by Crippen LogP contribution is 2.36. The van der Waals surface area contributed by atoms with E-state index in [1.807, 2.05) is 0 Å². The van der Waals surface area contributed by atoms with Crippen LogP contribution in [0.5, 0.6) is 0 Å². The van der Waals surface area contributed by atoms with E-state index in [0.717, 1.165) is 25.5 Å². The molecule has 3 heteroatoms. The summed E-state index contributed by atoms with van der Waals surface area (Å²) in [6, 6.07) is 4.40. The fourth-order valence-electron chi connectivity index (χ4n) is 2.53. The second-order valence-electron chi connectivity index (χ2n) is 5.60. The molecule has 1 aromatic rings. The van der Waals surface area contributed by atoms with Crippen LogP contribution in [0.25, 0.3) is 0 Å². The number of benzene rings is 1. The van der Waals surface area contributed by atoms with Gasteiger partial charge in [0, 0.05) is 12.1 Å². The third-order valence-electron chi connectivity index (χ3n) is 3.86. The van der Waals surface area contributed by atoms with Gasteiger partial charge in [0.15, 0.2) is 0 Å². The van der Waals surface area contributed by atoms with Crippen molar-refractivity contribution in [2.45, 2.75) is 39.2 Å². The molecule has 18 heavy (non-hydrogen) atoms. The minimum absolute atomic E-state index is 0.405. The van der Waals surface area contributed by atoms with E-state index >= 15 is 0 Å². The monoisotopic (exact) mass is 253 g/mol. The van der Waals surface area contributed by atoms with Gasteiger partial charge >= 0.3 is 0 Å². The lowest BCUT2D eigenvalue weighted by atomic mass is 9.70. The Balaban J connectivity index is 1.89.